The van der Waals surface area contributed by atoms with Gasteiger partial charge in [0.15, 0.2) is 5.13 Å². The smallest absolute Gasteiger partial charge is 0.407 e. The van der Waals surface area contributed by atoms with Crippen LogP contribution in [0.4, 0.5) is 9.93 Å². The third kappa shape index (κ3) is 3.76. The molecule has 3 aliphatic heterocycles. The summed E-state index contributed by atoms with van der Waals surface area (Å²) in [5.74, 6) is -2.45. The summed E-state index contributed by atoms with van der Waals surface area (Å²) in [4.78, 5) is 43.9. The molecule has 1 aromatic heterocycles. The van der Waals surface area contributed by atoms with Crippen LogP contribution in [-0.2, 0) is 20.9 Å². The summed E-state index contributed by atoms with van der Waals surface area (Å²) >= 11 is 2.94. The molecule has 0 saturated carbocycles. The van der Waals surface area contributed by atoms with Crippen LogP contribution in [0.5, 0.6) is 0 Å². The molecule has 0 radical (unpaired) electrons. The van der Waals surface area contributed by atoms with E-state index in [1.54, 1.807) is 6.92 Å². The number of nitrogens with one attached hydrogen (secondary N) is 1. The minimum atomic E-state index is -1.35. The van der Waals surface area contributed by atoms with Gasteiger partial charge in [-0.2, -0.15) is 0 Å². The number of amides is 2. The molecule has 1 aromatic rings. The van der Waals surface area contributed by atoms with Crippen molar-refractivity contribution in [1.82, 2.24) is 15.2 Å². The number of anilines is 1. The second-order valence-electron chi connectivity index (χ2n) is 7.87. The maximum Gasteiger partial charge on any atom is 0.407 e. The van der Waals surface area contributed by atoms with Crippen LogP contribution in [0.1, 0.15) is 19.5 Å². The van der Waals surface area contributed by atoms with Crippen molar-refractivity contribution in [3.05, 3.63) is 21.7 Å². The summed E-state index contributed by atoms with van der Waals surface area (Å²) in [5.41, 5.74) is 0.688. The molecular formula is C19H23N4O6S2-. The first-order valence-corrected chi connectivity index (χ1v) is 11.6. The molecule has 3 aliphatic rings. The Morgan fingerprint density at radius 1 is 1.48 bits per heavy atom. The number of hydrogen-bond acceptors (Lipinski definition) is 10. The summed E-state index contributed by atoms with van der Waals surface area (Å²) < 4.78 is 4.54. The predicted molar refractivity (Wildman–Crippen MR) is 112 cm³/mol. The van der Waals surface area contributed by atoms with E-state index >= 15 is 0 Å². The van der Waals surface area contributed by atoms with Crippen molar-refractivity contribution in [2.45, 2.75) is 37.8 Å². The van der Waals surface area contributed by atoms with Gasteiger partial charge >= 0.3 is 6.09 Å². The Kier molecular flexibility index (Phi) is 5.88. The van der Waals surface area contributed by atoms with E-state index in [1.165, 1.54) is 35.1 Å². The number of carbonyl (C=O) groups excluding carboxylic acids is 3. The van der Waals surface area contributed by atoms with Gasteiger partial charge in [0.25, 0.3) is 0 Å². The molecule has 0 spiro atoms. The first-order valence-electron chi connectivity index (χ1n) is 9.87. The molecule has 0 aromatic carbocycles. The number of carboxylic acids is 1. The highest BCUT2D eigenvalue weighted by atomic mass is 32.2. The zero-order valence-electron chi connectivity index (χ0n) is 17.2. The molecule has 2 fully saturated rings. The maximum atomic E-state index is 12.4. The molecular weight excluding hydrogens is 444 g/mol. The fraction of sp³-hybridized carbons (Fsp3) is 0.579. The quantitative estimate of drug-likeness (QED) is 0.520. The van der Waals surface area contributed by atoms with Gasteiger partial charge in [0.05, 0.1) is 49.1 Å². The lowest BCUT2D eigenvalue weighted by atomic mass is 9.79. The average Bonchev–Trinajstić information content (AvgIpc) is 3.23. The van der Waals surface area contributed by atoms with Gasteiger partial charge in [-0.15, -0.1) is 23.1 Å². The lowest BCUT2D eigenvalue weighted by Gasteiger charge is -2.47. The van der Waals surface area contributed by atoms with E-state index in [0.29, 0.717) is 18.0 Å². The predicted octanol–water partition coefficient (Wildman–Crippen LogP) is -0.260. The number of rotatable bonds is 7. The highest BCUT2D eigenvalue weighted by Gasteiger charge is 2.59. The van der Waals surface area contributed by atoms with Crippen molar-refractivity contribution in [3.63, 3.8) is 0 Å². The van der Waals surface area contributed by atoms with E-state index in [0.717, 1.165) is 10.8 Å². The third-order valence-electron chi connectivity index (χ3n) is 5.85. The number of carbonyl (C=O) groups is 3. The topological polar surface area (TPSA) is 135 Å². The number of carboxylic acid groups (broad SMARTS) is 1. The number of nitrogens with zero attached hydrogens (tertiary/aromatic N) is 3. The number of aliphatic carboxylic acids is 1. The van der Waals surface area contributed by atoms with E-state index in [4.69, 9.17) is 0 Å². The number of alkyl carbamates (subject to hydrolysis) is 1. The SMILES string of the molecule is COC(=O)NCc1csc(N2CC(SC3=C(C(=O)[O-])N4C(=O)[C@H]([C@@H](C)O)[C@H]4[C@H]3C)C2)n1. The largest absolute Gasteiger partial charge is 0.543 e. The number of methoxy groups -OCH3 is 1. The number of ether oxygens (including phenoxy) is 1. The number of aliphatic hydroxyl groups is 1. The van der Waals surface area contributed by atoms with E-state index in [-0.39, 0.29) is 35.4 Å². The minimum absolute atomic E-state index is 0.0479. The van der Waals surface area contributed by atoms with Crippen LogP contribution in [0.15, 0.2) is 16.0 Å². The normalized spacial score (nSPS) is 26.3. The van der Waals surface area contributed by atoms with Gasteiger partial charge in [0.2, 0.25) is 5.91 Å². The van der Waals surface area contributed by atoms with Crippen molar-refractivity contribution < 1.29 is 29.3 Å². The van der Waals surface area contributed by atoms with Crippen molar-refractivity contribution in [3.8, 4) is 0 Å². The number of thiazole rings is 1. The number of fused-ring (bicyclic) bond motifs is 1. The third-order valence-corrected chi connectivity index (χ3v) is 8.25. The number of aromatic nitrogens is 1. The molecule has 0 unspecified atom stereocenters. The zero-order valence-corrected chi connectivity index (χ0v) is 18.9. The minimum Gasteiger partial charge on any atom is -0.543 e. The lowest BCUT2D eigenvalue weighted by molar-refractivity contribution is -0.301. The maximum absolute atomic E-state index is 12.4. The van der Waals surface area contributed by atoms with Gasteiger partial charge in [-0.3, -0.25) is 4.79 Å². The van der Waals surface area contributed by atoms with Gasteiger partial charge in [0, 0.05) is 34.5 Å². The molecule has 2 N–H and O–H groups in total. The van der Waals surface area contributed by atoms with Gasteiger partial charge in [-0.05, 0) is 6.92 Å². The standard InChI is InChI=1S/C19H24N4O6S2/c1-8-13-12(9(2)24)16(25)23(13)14(17(26)27)15(8)31-11-5-22(6-11)18-21-10(7-30-18)4-20-19(28)29-3/h7-9,11-13,24H,4-6H2,1-3H3,(H,20,28)(H,26,27)/p-1/t8-,9-,12-,13-/m1/s1. The lowest BCUT2D eigenvalue weighted by Crippen LogP contribution is -2.64. The Bertz CT molecular complexity index is 942. The number of hydrogen-bond donors (Lipinski definition) is 2. The Morgan fingerprint density at radius 3 is 2.81 bits per heavy atom. The van der Waals surface area contributed by atoms with E-state index in [1.807, 2.05) is 12.3 Å². The second-order valence-corrected chi connectivity index (χ2v) is 10.0. The Morgan fingerprint density at radius 2 is 2.19 bits per heavy atom. The molecule has 4 rings (SSSR count). The average molecular weight is 468 g/mol. The van der Waals surface area contributed by atoms with Crippen LogP contribution in [0.3, 0.4) is 0 Å². The van der Waals surface area contributed by atoms with Crippen molar-refractivity contribution in [1.29, 1.82) is 0 Å². The number of β-lactam (4-membered cyclic amide) rings is 1. The van der Waals surface area contributed by atoms with Gasteiger partial charge in [-0.25, -0.2) is 9.78 Å². The highest BCUT2D eigenvalue weighted by molar-refractivity contribution is 8.03. The van der Waals surface area contributed by atoms with Crippen molar-refractivity contribution in [2.24, 2.45) is 11.8 Å². The number of aliphatic hydroxyl groups excluding tert-OH is 1. The summed E-state index contributed by atoms with van der Waals surface area (Å²) in [5, 5.41) is 27.2. The van der Waals surface area contributed by atoms with Gasteiger partial charge in [0.1, 0.15) is 0 Å². The van der Waals surface area contributed by atoms with Crippen LogP contribution in [0, 0.1) is 11.8 Å². The van der Waals surface area contributed by atoms with Gasteiger partial charge < -0.3 is 34.9 Å². The highest BCUT2D eigenvalue weighted by Crippen LogP contribution is 2.51. The van der Waals surface area contributed by atoms with Crippen LogP contribution in [-0.4, -0.2) is 70.6 Å². The Hall–Kier alpha value is -2.31. The molecule has 4 atom stereocenters. The van der Waals surface area contributed by atoms with Crippen molar-refractivity contribution >= 4 is 46.2 Å². The fourth-order valence-electron chi connectivity index (χ4n) is 4.28. The van der Waals surface area contributed by atoms with E-state index < -0.39 is 24.1 Å². The summed E-state index contributed by atoms with van der Waals surface area (Å²) in [6.07, 6.45) is -1.34. The monoisotopic (exact) mass is 467 g/mol. The summed E-state index contributed by atoms with van der Waals surface area (Å²) in [6, 6.07) is -0.331. The molecule has 31 heavy (non-hydrogen) atoms. The molecule has 2 saturated heterocycles. The van der Waals surface area contributed by atoms with Crippen molar-refractivity contribution in [2.75, 3.05) is 25.1 Å². The zero-order chi connectivity index (χ0) is 22.4. The van der Waals surface area contributed by atoms with E-state index in [2.05, 4.69) is 19.9 Å². The molecule has 0 aliphatic carbocycles. The summed E-state index contributed by atoms with van der Waals surface area (Å²) in [6.45, 7) is 5.12. The van der Waals surface area contributed by atoms with Crippen LogP contribution in [0.25, 0.3) is 0 Å². The molecule has 10 nitrogen and oxygen atoms in total. The Labute approximate surface area is 187 Å². The first-order chi connectivity index (χ1) is 14.7. The van der Waals surface area contributed by atoms with Crippen LogP contribution >= 0.6 is 23.1 Å². The number of thioether (sulfide) groups is 1. The van der Waals surface area contributed by atoms with Crippen LogP contribution in [0.2, 0.25) is 0 Å². The van der Waals surface area contributed by atoms with Gasteiger partial charge in [-0.1, -0.05) is 6.92 Å². The Balaban J connectivity index is 1.38. The fourth-order valence-corrected chi connectivity index (χ4v) is 6.64. The second kappa shape index (κ2) is 8.32. The van der Waals surface area contributed by atoms with Crippen LogP contribution < -0.4 is 15.3 Å². The molecule has 2 amide bonds. The summed E-state index contributed by atoms with van der Waals surface area (Å²) in [7, 11) is 1.30. The first kappa shape index (κ1) is 21.9. The molecule has 4 heterocycles. The molecule has 12 heteroatoms. The molecule has 168 valence electrons. The van der Waals surface area contributed by atoms with E-state index in [9.17, 15) is 24.6 Å². The molecule has 0 bridgehead atoms.